The summed E-state index contributed by atoms with van der Waals surface area (Å²) in [5.41, 5.74) is 7.45. The number of thiazole rings is 1. The largest absolute Gasteiger partial charge is 0.399 e. The topological polar surface area (TPSA) is 80.9 Å². The Morgan fingerprint density at radius 1 is 1.30 bits per heavy atom. The number of nitrogens with zero attached hydrogens (tertiary/aromatic N) is 2. The van der Waals surface area contributed by atoms with Crippen LogP contribution in [0.15, 0.2) is 36.5 Å². The molecular weight excluding hydrogens is 296 g/mol. The monoisotopic (exact) mass is 304 g/mol. The molecule has 7 heteroatoms. The maximum absolute atomic E-state index is 12.0. The lowest BCUT2D eigenvalue weighted by atomic mass is 10.3. The van der Waals surface area contributed by atoms with Crippen molar-refractivity contribution in [3.8, 4) is 0 Å². The number of halogens is 1. The molecule has 0 aliphatic rings. The molecule has 0 aliphatic carbocycles. The molecule has 3 rings (SSSR count). The molecule has 3 N–H and O–H groups in total. The Labute approximate surface area is 123 Å². The molecule has 2 heterocycles. The summed E-state index contributed by atoms with van der Waals surface area (Å²) >= 11 is 7.09. The quantitative estimate of drug-likeness (QED) is 0.712. The second kappa shape index (κ2) is 5.07. The van der Waals surface area contributed by atoms with Crippen molar-refractivity contribution in [2.24, 2.45) is 0 Å². The molecule has 0 fully saturated rings. The molecule has 0 radical (unpaired) electrons. The van der Waals surface area contributed by atoms with Gasteiger partial charge in [0.1, 0.15) is 5.69 Å². The summed E-state index contributed by atoms with van der Waals surface area (Å²) in [5, 5.41) is 3.70. The number of carbonyl (C=O) groups excluding carboxylic acids is 1. The number of hydrogen-bond acceptors (Lipinski definition) is 5. The SMILES string of the molecule is Nc1ccc2nc(NC(=O)c3ccc(Cl)cn3)sc2c1. The van der Waals surface area contributed by atoms with E-state index < -0.39 is 0 Å². The first-order valence-electron chi connectivity index (χ1n) is 5.71. The highest BCUT2D eigenvalue weighted by Crippen LogP contribution is 2.27. The van der Waals surface area contributed by atoms with Crippen molar-refractivity contribution < 1.29 is 4.79 Å². The molecule has 0 atom stereocenters. The number of nitrogens with two attached hydrogens (primary N) is 1. The molecule has 1 aromatic carbocycles. The summed E-state index contributed by atoms with van der Waals surface area (Å²) in [4.78, 5) is 20.3. The molecule has 0 unspecified atom stereocenters. The van der Waals surface area contributed by atoms with Crippen LogP contribution < -0.4 is 11.1 Å². The zero-order valence-corrected chi connectivity index (χ0v) is 11.7. The number of fused-ring (bicyclic) bond motifs is 1. The molecule has 3 aromatic rings. The maximum Gasteiger partial charge on any atom is 0.276 e. The molecule has 2 aromatic heterocycles. The van der Waals surface area contributed by atoms with E-state index in [9.17, 15) is 4.79 Å². The van der Waals surface area contributed by atoms with Gasteiger partial charge in [0.15, 0.2) is 5.13 Å². The number of hydrogen-bond donors (Lipinski definition) is 2. The zero-order chi connectivity index (χ0) is 14.1. The number of amides is 1. The Bertz CT molecular complexity index is 785. The third-order valence-corrected chi connectivity index (χ3v) is 3.75. The Balaban J connectivity index is 1.85. The molecule has 20 heavy (non-hydrogen) atoms. The summed E-state index contributed by atoms with van der Waals surface area (Å²) in [5.74, 6) is -0.325. The van der Waals surface area contributed by atoms with Gasteiger partial charge in [-0.3, -0.25) is 10.1 Å². The van der Waals surface area contributed by atoms with E-state index in [2.05, 4.69) is 15.3 Å². The van der Waals surface area contributed by atoms with Crippen molar-refractivity contribution in [3.63, 3.8) is 0 Å². The van der Waals surface area contributed by atoms with E-state index in [0.717, 1.165) is 10.2 Å². The molecular formula is C13H9ClN4OS. The number of carbonyl (C=O) groups is 1. The Kier molecular flexibility index (Phi) is 3.25. The first kappa shape index (κ1) is 12.8. The average molecular weight is 305 g/mol. The van der Waals surface area contributed by atoms with Crippen LogP contribution in [-0.2, 0) is 0 Å². The highest BCUT2D eigenvalue weighted by Gasteiger charge is 2.11. The van der Waals surface area contributed by atoms with Crippen LogP contribution in [0.4, 0.5) is 10.8 Å². The van der Waals surface area contributed by atoms with E-state index in [1.807, 2.05) is 12.1 Å². The van der Waals surface area contributed by atoms with Gasteiger partial charge >= 0.3 is 0 Å². The van der Waals surface area contributed by atoms with Crippen molar-refractivity contribution in [2.45, 2.75) is 0 Å². The molecule has 0 bridgehead atoms. The lowest BCUT2D eigenvalue weighted by Crippen LogP contribution is -2.13. The maximum atomic E-state index is 12.0. The number of pyridine rings is 1. The Morgan fingerprint density at radius 2 is 2.15 bits per heavy atom. The fourth-order valence-corrected chi connectivity index (χ4v) is 2.69. The summed E-state index contributed by atoms with van der Waals surface area (Å²) in [7, 11) is 0. The lowest BCUT2D eigenvalue weighted by molar-refractivity contribution is 0.102. The average Bonchev–Trinajstić information content (AvgIpc) is 2.80. The first-order chi connectivity index (χ1) is 9.61. The van der Waals surface area contributed by atoms with Gasteiger partial charge in [-0.1, -0.05) is 22.9 Å². The fraction of sp³-hybridized carbons (Fsp3) is 0. The van der Waals surface area contributed by atoms with E-state index >= 15 is 0 Å². The van der Waals surface area contributed by atoms with Crippen LogP contribution in [0.3, 0.4) is 0 Å². The number of rotatable bonds is 2. The summed E-state index contributed by atoms with van der Waals surface area (Å²) in [6.07, 6.45) is 1.43. The predicted octanol–water partition coefficient (Wildman–Crippen LogP) is 3.18. The zero-order valence-electron chi connectivity index (χ0n) is 10.1. The molecule has 5 nitrogen and oxygen atoms in total. The van der Waals surface area contributed by atoms with Gasteiger partial charge in [0.25, 0.3) is 5.91 Å². The predicted molar refractivity (Wildman–Crippen MR) is 81.2 cm³/mol. The molecule has 0 spiro atoms. The summed E-state index contributed by atoms with van der Waals surface area (Å²) in [6, 6.07) is 8.58. The van der Waals surface area contributed by atoms with Gasteiger partial charge in [-0.15, -0.1) is 0 Å². The lowest BCUT2D eigenvalue weighted by Gasteiger charge is -2.00. The number of benzene rings is 1. The van der Waals surface area contributed by atoms with E-state index in [0.29, 0.717) is 15.8 Å². The molecule has 0 aliphatic heterocycles. The minimum Gasteiger partial charge on any atom is -0.399 e. The highest BCUT2D eigenvalue weighted by atomic mass is 35.5. The third-order valence-electron chi connectivity index (χ3n) is 2.59. The third kappa shape index (κ3) is 2.56. The number of nitrogens with one attached hydrogen (secondary N) is 1. The standard InChI is InChI=1S/C13H9ClN4OS/c14-7-1-3-10(16-6-7)12(19)18-13-17-9-4-2-8(15)5-11(9)20-13/h1-6H,15H2,(H,17,18,19). The Morgan fingerprint density at radius 3 is 2.90 bits per heavy atom. The van der Waals surface area contributed by atoms with Crippen molar-refractivity contribution in [1.82, 2.24) is 9.97 Å². The van der Waals surface area contributed by atoms with Crippen LogP contribution in [0.25, 0.3) is 10.2 Å². The van der Waals surface area contributed by atoms with Crippen LogP contribution in [0, 0.1) is 0 Å². The number of aromatic nitrogens is 2. The molecule has 0 saturated carbocycles. The van der Waals surface area contributed by atoms with Gasteiger partial charge in [0, 0.05) is 11.9 Å². The minimum atomic E-state index is -0.325. The van der Waals surface area contributed by atoms with Gasteiger partial charge in [0.05, 0.1) is 15.2 Å². The Hall–Kier alpha value is -2.18. The normalized spacial score (nSPS) is 10.7. The van der Waals surface area contributed by atoms with E-state index in [4.69, 9.17) is 17.3 Å². The smallest absolute Gasteiger partial charge is 0.276 e. The summed E-state index contributed by atoms with van der Waals surface area (Å²) < 4.78 is 0.921. The van der Waals surface area contributed by atoms with Crippen molar-refractivity contribution in [3.05, 3.63) is 47.2 Å². The van der Waals surface area contributed by atoms with Crippen LogP contribution in [-0.4, -0.2) is 15.9 Å². The number of anilines is 2. The van der Waals surface area contributed by atoms with Crippen LogP contribution in [0.2, 0.25) is 5.02 Å². The van der Waals surface area contributed by atoms with Crippen LogP contribution in [0.5, 0.6) is 0 Å². The van der Waals surface area contributed by atoms with Gasteiger partial charge in [-0.2, -0.15) is 0 Å². The van der Waals surface area contributed by atoms with E-state index in [-0.39, 0.29) is 11.6 Å². The minimum absolute atomic E-state index is 0.285. The van der Waals surface area contributed by atoms with Crippen LogP contribution in [0.1, 0.15) is 10.5 Å². The van der Waals surface area contributed by atoms with Crippen LogP contribution >= 0.6 is 22.9 Å². The molecule has 100 valence electrons. The van der Waals surface area contributed by atoms with Crippen molar-refractivity contribution in [1.29, 1.82) is 0 Å². The van der Waals surface area contributed by atoms with Gasteiger partial charge in [0.2, 0.25) is 0 Å². The van der Waals surface area contributed by atoms with Crippen molar-refractivity contribution >= 4 is 49.9 Å². The highest BCUT2D eigenvalue weighted by molar-refractivity contribution is 7.22. The first-order valence-corrected chi connectivity index (χ1v) is 6.90. The summed E-state index contributed by atoms with van der Waals surface area (Å²) in [6.45, 7) is 0. The molecule has 0 saturated heterocycles. The van der Waals surface area contributed by atoms with E-state index in [1.54, 1.807) is 18.2 Å². The second-order valence-electron chi connectivity index (χ2n) is 4.06. The second-order valence-corrected chi connectivity index (χ2v) is 5.53. The van der Waals surface area contributed by atoms with Gasteiger partial charge in [-0.25, -0.2) is 9.97 Å². The van der Waals surface area contributed by atoms with Gasteiger partial charge < -0.3 is 5.73 Å². The number of nitrogen functional groups attached to an aromatic ring is 1. The van der Waals surface area contributed by atoms with Crippen molar-refractivity contribution in [2.75, 3.05) is 11.1 Å². The van der Waals surface area contributed by atoms with Gasteiger partial charge in [-0.05, 0) is 30.3 Å². The van der Waals surface area contributed by atoms with E-state index in [1.165, 1.54) is 17.5 Å². The fourth-order valence-electron chi connectivity index (χ4n) is 1.67. The molecule has 1 amide bonds.